The van der Waals surface area contributed by atoms with Gasteiger partial charge in [0.25, 0.3) is 0 Å². The van der Waals surface area contributed by atoms with Gasteiger partial charge in [0, 0.05) is 30.5 Å². The lowest BCUT2D eigenvalue weighted by molar-refractivity contribution is 0.242. The van der Waals surface area contributed by atoms with Crippen LogP contribution in [0.1, 0.15) is 38.8 Å². The third kappa shape index (κ3) is 4.37. The van der Waals surface area contributed by atoms with Gasteiger partial charge in [-0.25, -0.2) is 4.98 Å². The van der Waals surface area contributed by atoms with Gasteiger partial charge in [0.2, 0.25) is 5.95 Å². The molecule has 1 aliphatic rings. The van der Waals surface area contributed by atoms with Crippen LogP contribution in [0, 0.1) is 6.92 Å². The minimum Gasteiger partial charge on any atom is -0.491 e. The maximum absolute atomic E-state index is 5.67. The van der Waals surface area contributed by atoms with E-state index in [9.17, 15) is 0 Å². The van der Waals surface area contributed by atoms with Gasteiger partial charge in [0.05, 0.1) is 6.10 Å². The number of hydrogen-bond acceptors (Lipinski definition) is 5. The lowest BCUT2D eigenvalue weighted by Gasteiger charge is -2.28. The maximum atomic E-state index is 5.67. The van der Waals surface area contributed by atoms with Crippen molar-refractivity contribution in [2.75, 3.05) is 23.3 Å². The van der Waals surface area contributed by atoms with Crippen molar-refractivity contribution in [3.8, 4) is 5.75 Å². The summed E-state index contributed by atoms with van der Waals surface area (Å²) in [5.41, 5.74) is 1.94. The first kappa shape index (κ1) is 16.6. The summed E-state index contributed by atoms with van der Waals surface area (Å²) in [5, 5.41) is 3.30. The van der Waals surface area contributed by atoms with E-state index < -0.39 is 0 Å². The van der Waals surface area contributed by atoms with Crippen molar-refractivity contribution in [1.82, 2.24) is 9.97 Å². The molecule has 0 atom stereocenters. The predicted octanol–water partition coefficient (Wildman–Crippen LogP) is 4.31. The summed E-state index contributed by atoms with van der Waals surface area (Å²) in [7, 11) is 0. The molecule has 1 saturated heterocycles. The fourth-order valence-corrected chi connectivity index (χ4v) is 2.91. The van der Waals surface area contributed by atoms with Crippen molar-refractivity contribution in [2.45, 2.75) is 46.1 Å². The van der Waals surface area contributed by atoms with E-state index in [1.54, 1.807) is 0 Å². The Kier molecular flexibility index (Phi) is 5.18. The average Bonchev–Trinajstić information content (AvgIpc) is 2.56. The third-order valence-electron chi connectivity index (χ3n) is 4.00. The maximum Gasteiger partial charge on any atom is 0.229 e. The molecule has 1 aromatic heterocycles. The number of ether oxygens (including phenoxy) is 1. The van der Waals surface area contributed by atoms with Crippen molar-refractivity contribution in [3.05, 3.63) is 36.0 Å². The molecule has 2 heterocycles. The zero-order valence-corrected chi connectivity index (χ0v) is 14.7. The van der Waals surface area contributed by atoms with Gasteiger partial charge in [-0.1, -0.05) is 0 Å². The van der Waals surface area contributed by atoms with E-state index in [4.69, 9.17) is 9.72 Å². The minimum atomic E-state index is 0.177. The molecule has 5 heteroatoms. The summed E-state index contributed by atoms with van der Waals surface area (Å²) in [4.78, 5) is 11.6. The SMILES string of the molecule is Cc1cc(N2CCCCC2)nc(Nc2ccc(OC(C)C)cc2)n1. The van der Waals surface area contributed by atoms with Gasteiger partial charge in [0.15, 0.2) is 0 Å². The Labute approximate surface area is 144 Å². The summed E-state index contributed by atoms with van der Waals surface area (Å²) in [6.07, 6.45) is 3.97. The summed E-state index contributed by atoms with van der Waals surface area (Å²) < 4.78 is 5.67. The number of aryl methyl sites for hydroxylation is 1. The molecule has 1 aliphatic heterocycles. The molecule has 2 aromatic rings. The topological polar surface area (TPSA) is 50.3 Å². The predicted molar refractivity (Wildman–Crippen MR) is 98.3 cm³/mol. The zero-order valence-electron chi connectivity index (χ0n) is 14.7. The van der Waals surface area contributed by atoms with E-state index in [-0.39, 0.29) is 6.10 Å². The molecule has 5 nitrogen and oxygen atoms in total. The van der Waals surface area contributed by atoms with Gasteiger partial charge < -0.3 is 15.0 Å². The third-order valence-corrected chi connectivity index (χ3v) is 4.00. The Bertz CT molecular complexity index is 664. The van der Waals surface area contributed by atoms with Crippen LogP contribution in [0.2, 0.25) is 0 Å². The Balaban J connectivity index is 1.73. The number of aromatic nitrogens is 2. The van der Waals surface area contributed by atoms with Gasteiger partial charge in [0.1, 0.15) is 11.6 Å². The highest BCUT2D eigenvalue weighted by Crippen LogP contribution is 2.23. The van der Waals surface area contributed by atoms with Crippen molar-refractivity contribution in [1.29, 1.82) is 0 Å². The molecule has 0 saturated carbocycles. The number of nitrogens with zero attached hydrogens (tertiary/aromatic N) is 3. The number of rotatable bonds is 5. The highest BCUT2D eigenvalue weighted by Gasteiger charge is 2.14. The van der Waals surface area contributed by atoms with Crippen LogP contribution < -0.4 is 15.0 Å². The van der Waals surface area contributed by atoms with Crippen molar-refractivity contribution in [2.24, 2.45) is 0 Å². The van der Waals surface area contributed by atoms with Gasteiger partial charge in [-0.2, -0.15) is 4.98 Å². The molecule has 128 valence electrons. The van der Waals surface area contributed by atoms with Gasteiger partial charge >= 0.3 is 0 Å². The van der Waals surface area contributed by atoms with Crippen molar-refractivity contribution < 1.29 is 4.74 Å². The molecular formula is C19H26N4O. The standard InChI is InChI=1S/C19H26N4O/c1-14(2)24-17-9-7-16(8-10-17)21-19-20-15(3)13-18(22-19)23-11-5-4-6-12-23/h7-10,13-14H,4-6,11-12H2,1-3H3,(H,20,21,22). The molecule has 0 aliphatic carbocycles. The van der Waals surface area contributed by atoms with Crippen LogP contribution in [0.4, 0.5) is 17.5 Å². The molecule has 0 unspecified atom stereocenters. The minimum absolute atomic E-state index is 0.177. The first-order valence-corrected chi connectivity index (χ1v) is 8.74. The fraction of sp³-hybridized carbons (Fsp3) is 0.474. The van der Waals surface area contributed by atoms with Gasteiger partial charge in [-0.15, -0.1) is 0 Å². The molecule has 24 heavy (non-hydrogen) atoms. The van der Waals surface area contributed by atoms with Crippen LogP contribution >= 0.6 is 0 Å². The van der Waals surface area contributed by atoms with E-state index >= 15 is 0 Å². The van der Waals surface area contributed by atoms with Crippen LogP contribution in [0.25, 0.3) is 0 Å². The molecule has 3 rings (SSSR count). The number of piperidine rings is 1. The van der Waals surface area contributed by atoms with Gasteiger partial charge in [-0.3, -0.25) is 0 Å². The van der Waals surface area contributed by atoms with E-state index in [1.807, 2.05) is 45.0 Å². The summed E-state index contributed by atoms with van der Waals surface area (Å²) in [6.45, 7) is 8.22. The second kappa shape index (κ2) is 7.51. The first-order chi connectivity index (χ1) is 11.6. The Hall–Kier alpha value is -2.30. The van der Waals surface area contributed by atoms with Gasteiger partial charge in [-0.05, 0) is 64.3 Å². The number of nitrogens with one attached hydrogen (secondary N) is 1. The van der Waals surface area contributed by atoms with Crippen LogP contribution in [0.3, 0.4) is 0 Å². The largest absolute Gasteiger partial charge is 0.491 e. The average molecular weight is 326 g/mol. The molecule has 1 N–H and O–H groups in total. The quantitative estimate of drug-likeness (QED) is 0.887. The van der Waals surface area contributed by atoms with Crippen LogP contribution in [0.5, 0.6) is 5.75 Å². The van der Waals surface area contributed by atoms with Crippen LogP contribution in [0.15, 0.2) is 30.3 Å². The summed E-state index contributed by atoms with van der Waals surface area (Å²) >= 11 is 0. The van der Waals surface area contributed by atoms with E-state index in [0.29, 0.717) is 5.95 Å². The molecule has 0 radical (unpaired) electrons. The Morgan fingerprint density at radius 3 is 2.42 bits per heavy atom. The zero-order chi connectivity index (χ0) is 16.9. The molecule has 0 bridgehead atoms. The van der Waals surface area contributed by atoms with Crippen LogP contribution in [-0.2, 0) is 0 Å². The van der Waals surface area contributed by atoms with Crippen molar-refractivity contribution in [3.63, 3.8) is 0 Å². The lowest BCUT2D eigenvalue weighted by Crippen LogP contribution is -2.30. The monoisotopic (exact) mass is 326 g/mol. The van der Waals surface area contributed by atoms with Crippen molar-refractivity contribution >= 4 is 17.5 Å². The van der Waals surface area contributed by atoms with Crippen LogP contribution in [-0.4, -0.2) is 29.2 Å². The number of anilines is 3. The van der Waals surface area contributed by atoms with E-state index in [2.05, 4.69) is 21.3 Å². The smallest absolute Gasteiger partial charge is 0.229 e. The summed E-state index contributed by atoms with van der Waals surface area (Å²) in [6, 6.07) is 9.97. The highest BCUT2D eigenvalue weighted by atomic mass is 16.5. The fourth-order valence-electron chi connectivity index (χ4n) is 2.91. The Morgan fingerprint density at radius 2 is 1.75 bits per heavy atom. The number of benzene rings is 1. The second-order valence-electron chi connectivity index (χ2n) is 6.55. The van der Waals surface area contributed by atoms with E-state index in [0.717, 1.165) is 36.0 Å². The molecular weight excluding hydrogens is 300 g/mol. The molecule has 1 aromatic carbocycles. The molecule has 0 spiro atoms. The molecule has 0 amide bonds. The lowest BCUT2D eigenvalue weighted by atomic mass is 10.1. The molecule has 1 fully saturated rings. The highest BCUT2D eigenvalue weighted by molar-refractivity contribution is 5.56. The first-order valence-electron chi connectivity index (χ1n) is 8.74. The Morgan fingerprint density at radius 1 is 1.04 bits per heavy atom. The summed E-state index contributed by atoms with van der Waals surface area (Å²) in [5.74, 6) is 2.53. The number of hydrogen-bond donors (Lipinski definition) is 1. The second-order valence-corrected chi connectivity index (χ2v) is 6.55. The normalized spacial score (nSPS) is 14.8. The van der Waals surface area contributed by atoms with E-state index in [1.165, 1.54) is 19.3 Å².